The molecule has 1 aliphatic rings. The minimum atomic E-state index is -0.709. The molecule has 0 aliphatic heterocycles. The lowest BCUT2D eigenvalue weighted by Crippen LogP contribution is -2.30. The van der Waals surface area contributed by atoms with Crippen LogP contribution in [0.4, 0.5) is 19.3 Å². The van der Waals surface area contributed by atoms with E-state index in [2.05, 4.69) is 39.4 Å². The first-order valence-corrected chi connectivity index (χ1v) is 10.4. The van der Waals surface area contributed by atoms with E-state index >= 15 is 0 Å². The summed E-state index contributed by atoms with van der Waals surface area (Å²) in [7, 11) is 1.72. The quantitative estimate of drug-likeness (QED) is 0.359. The topological polar surface area (TPSA) is 81.1 Å². The van der Waals surface area contributed by atoms with Crippen molar-refractivity contribution < 1.29 is 13.6 Å². The monoisotopic (exact) mass is 452 g/mol. The molecule has 1 saturated carbocycles. The molecule has 0 heterocycles. The second kappa shape index (κ2) is 11.0. The van der Waals surface area contributed by atoms with E-state index < -0.39 is 17.6 Å². The van der Waals surface area contributed by atoms with Gasteiger partial charge in [-0.1, -0.05) is 13.2 Å². The second-order valence-electron chi connectivity index (χ2n) is 7.50. The number of halogens is 2. The Balaban J connectivity index is 2.04. The van der Waals surface area contributed by atoms with Gasteiger partial charge in [0.2, 0.25) is 0 Å². The van der Waals surface area contributed by atoms with Crippen LogP contribution in [0.15, 0.2) is 72.2 Å². The molecule has 3 N–H and O–H groups in total. The van der Waals surface area contributed by atoms with Gasteiger partial charge in [0.1, 0.15) is 11.6 Å². The van der Waals surface area contributed by atoms with Crippen molar-refractivity contribution in [3.05, 3.63) is 79.2 Å². The lowest BCUT2D eigenvalue weighted by molar-refractivity contribution is 0.251. The highest BCUT2D eigenvalue weighted by atomic mass is 19.1. The molecule has 0 bridgehead atoms. The van der Waals surface area contributed by atoms with Gasteiger partial charge in [0.15, 0.2) is 0 Å². The van der Waals surface area contributed by atoms with Crippen LogP contribution in [0, 0.1) is 11.6 Å². The van der Waals surface area contributed by atoms with E-state index in [9.17, 15) is 13.6 Å². The third-order valence-electron chi connectivity index (χ3n) is 4.83. The molecule has 1 atom stereocenters. The van der Waals surface area contributed by atoms with Gasteiger partial charge >= 0.3 is 6.03 Å². The Morgan fingerprint density at radius 3 is 2.64 bits per heavy atom. The zero-order valence-electron chi connectivity index (χ0n) is 18.3. The number of carbonyl (C=O) groups is 1. The third kappa shape index (κ3) is 6.99. The number of anilines is 1. The van der Waals surface area contributed by atoms with Crippen LogP contribution in [-0.4, -0.2) is 36.6 Å². The highest BCUT2D eigenvalue weighted by Crippen LogP contribution is 2.30. The van der Waals surface area contributed by atoms with Crippen molar-refractivity contribution in [2.24, 2.45) is 10.2 Å². The van der Waals surface area contributed by atoms with Gasteiger partial charge in [-0.2, -0.15) is 10.2 Å². The largest absolute Gasteiger partial charge is 0.335 e. The third-order valence-corrected chi connectivity index (χ3v) is 4.83. The molecule has 0 aromatic heterocycles. The number of hydrazone groups is 2. The number of amides is 2. The first-order chi connectivity index (χ1) is 15.9. The number of nitrogens with one attached hydrogen (secondary N) is 3. The summed E-state index contributed by atoms with van der Waals surface area (Å²) in [6, 6.07) is 8.32. The molecular formula is C24H26F2N6O. The van der Waals surface area contributed by atoms with Crippen molar-refractivity contribution in [3.8, 4) is 11.1 Å². The summed E-state index contributed by atoms with van der Waals surface area (Å²) in [5.41, 5.74) is 4.43. The van der Waals surface area contributed by atoms with Gasteiger partial charge in [0.25, 0.3) is 0 Å². The lowest BCUT2D eigenvalue weighted by Gasteiger charge is -2.15. The maximum atomic E-state index is 14.6. The van der Waals surface area contributed by atoms with Gasteiger partial charge < -0.3 is 10.6 Å². The SMILES string of the molecule is C=CN/N=C\[C@@H](/C=N\N(C)C=C)c1cc(NC(=O)NC2CC2)cc(-c2ccc(F)cc2F)c1. The first-order valence-electron chi connectivity index (χ1n) is 10.4. The van der Waals surface area contributed by atoms with E-state index in [0.717, 1.165) is 18.9 Å². The van der Waals surface area contributed by atoms with Gasteiger partial charge in [-0.3, -0.25) is 10.4 Å². The molecule has 0 spiro atoms. The molecule has 2 aromatic carbocycles. The molecule has 0 radical (unpaired) electrons. The number of carbonyl (C=O) groups excluding carboxylic acids is 1. The van der Waals surface area contributed by atoms with E-state index in [4.69, 9.17) is 0 Å². The molecule has 0 saturated heterocycles. The maximum absolute atomic E-state index is 14.6. The molecule has 2 aromatic rings. The molecule has 33 heavy (non-hydrogen) atoms. The summed E-state index contributed by atoms with van der Waals surface area (Å²) in [4.78, 5) is 12.3. The fourth-order valence-electron chi connectivity index (χ4n) is 2.99. The molecule has 1 fully saturated rings. The predicted molar refractivity (Wildman–Crippen MR) is 128 cm³/mol. The number of benzene rings is 2. The van der Waals surface area contributed by atoms with Crippen LogP contribution in [0.25, 0.3) is 11.1 Å². The van der Waals surface area contributed by atoms with Crippen molar-refractivity contribution in [1.29, 1.82) is 0 Å². The number of hydrogen-bond donors (Lipinski definition) is 3. The van der Waals surface area contributed by atoms with Gasteiger partial charge in [0.05, 0.1) is 5.92 Å². The fraction of sp³-hybridized carbons (Fsp3) is 0.208. The molecule has 172 valence electrons. The molecule has 0 unspecified atom stereocenters. The Morgan fingerprint density at radius 2 is 1.97 bits per heavy atom. The molecule has 9 heteroatoms. The van der Waals surface area contributed by atoms with Crippen molar-refractivity contribution in [2.45, 2.75) is 24.8 Å². The van der Waals surface area contributed by atoms with E-state index in [1.807, 2.05) is 0 Å². The average molecular weight is 453 g/mol. The Morgan fingerprint density at radius 1 is 1.18 bits per heavy atom. The van der Waals surface area contributed by atoms with Gasteiger partial charge in [-0.15, -0.1) is 0 Å². The number of hydrogen-bond acceptors (Lipinski definition) is 5. The number of urea groups is 1. The summed E-state index contributed by atoms with van der Waals surface area (Å²) < 4.78 is 28.0. The standard InChI is InChI=1S/C24H26F2N6O/c1-4-27-28-14-18(15-29-32(3)5-2)16-10-17(22-9-6-19(25)13-23(22)26)12-21(11-16)31-24(33)30-20-7-8-20/h4-6,9-15,18,20,27H,1-2,7-8H2,3H3,(H2,30,31,33)/b28-14-,29-15-/t18-/m0/s1. The van der Waals surface area contributed by atoms with Crippen molar-refractivity contribution in [2.75, 3.05) is 12.4 Å². The van der Waals surface area contributed by atoms with Gasteiger partial charge in [-0.25, -0.2) is 13.6 Å². The second-order valence-corrected chi connectivity index (χ2v) is 7.50. The first kappa shape index (κ1) is 23.6. The van der Waals surface area contributed by atoms with E-state index in [0.29, 0.717) is 16.8 Å². The minimum absolute atomic E-state index is 0.175. The Kier molecular flexibility index (Phi) is 7.91. The Bertz CT molecular complexity index is 1080. The van der Waals surface area contributed by atoms with Crippen LogP contribution in [0.1, 0.15) is 24.3 Å². The van der Waals surface area contributed by atoms with Crippen LogP contribution in [0.2, 0.25) is 0 Å². The summed E-state index contributed by atoms with van der Waals surface area (Å²) >= 11 is 0. The molecular weight excluding hydrogens is 426 g/mol. The predicted octanol–water partition coefficient (Wildman–Crippen LogP) is 4.78. The van der Waals surface area contributed by atoms with Crippen molar-refractivity contribution in [3.63, 3.8) is 0 Å². The normalized spacial score (nSPS) is 14.2. The average Bonchev–Trinajstić information content (AvgIpc) is 3.59. The number of rotatable bonds is 10. The summed E-state index contributed by atoms with van der Waals surface area (Å²) in [5.74, 6) is -1.83. The van der Waals surface area contributed by atoms with Gasteiger partial charge in [-0.05, 0) is 54.3 Å². The Hall–Kier alpha value is -4.01. The van der Waals surface area contributed by atoms with Crippen molar-refractivity contribution in [1.82, 2.24) is 15.8 Å². The summed E-state index contributed by atoms with van der Waals surface area (Å²) in [6.45, 7) is 7.22. The fourth-order valence-corrected chi connectivity index (χ4v) is 2.99. The molecule has 3 rings (SSSR count). The van der Waals surface area contributed by atoms with Crippen LogP contribution in [-0.2, 0) is 0 Å². The highest BCUT2D eigenvalue weighted by molar-refractivity contribution is 5.94. The van der Waals surface area contributed by atoms with Crippen LogP contribution < -0.4 is 16.1 Å². The zero-order chi connectivity index (χ0) is 23.8. The summed E-state index contributed by atoms with van der Waals surface area (Å²) in [5, 5.41) is 15.6. The van der Waals surface area contributed by atoms with Crippen molar-refractivity contribution >= 4 is 24.1 Å². The van der Waals surface area contributed by atoms with Crippen LogP contribution in [0.3, 0.4) is 0 Å². The van der Waals surface area contributed by atoms with Crippen LogP contribution >= 0.6 is 0 Å². The smallest absolute Gasteiger partial charge is 0.319 e. The lowest BCUT2D eigenvalue weighted by atomic mass is 9.95. The minimum Gasteiger partial charge on any atom is -0.335 e. The maximum Gasteiger partial charge on any atom is 0.319 e. The summed E-state index contributed by atoms with van der Waals surface area (Å²) in [6.07, 6.45) is 8.07. The van der Waals surface area contributed by atoms with E-state index in [1.54, 1.807) is 37.7 Å². The Labute approximate surface area is 191 Å². The number of nitrogens with zero attached hydrogens (tertiary/aromatic N) is 3. The van der Waals surface area contributed by atoms with Crippen LogP contribution in [0.5, 0.6) is 0 Å². The molecule has 2 amide bonds. The molecule has 1 aliphatic carbocycles. The highest BCUT2D eigenvalue weighted by Gasteiger charge is 2.23. The van der Waals surface area contributed by atoms with E-state index in [1.165, 1.54) is 29.5 Å². The van der Waals surface area contributed by atoms with E-state index in [-0.39, 0.29) is 17.6 Å². The van der Waals surface area contributed by atoms with Gasteiger partial charge in [0, 0.05) is 55.2 Å². The zero-order valence-corrected chi connectivity index (χ0v) is 18.3. The molecule has 7 nitrogen and oxygen atoms in total.